The van der Waals surface area contributed by atoms with Crippen molar-refractivity contribution >= 4 is 5.69 Å². The molecule has 0 radical (unpaired) electrons. The van der Waals surface area contributed by atoms with Gasteiger partial charge in [0.2, 0.25) is 0 Å². The van der Waals surface area contributed by atoms with Gasteiger partial charge in [-0.05, 0) is 42.5 Å². The molecule has 1 saturated carbocycles. The van der Waals surface area contributed by atoms with E-state index in [-0.39, 0.29) is 11.0 Å². The molecule has 1 atom stereocenters. The second-order valence-electron chi connectivity index (χ2n) is 6.23. The van der Waals surface area contributed by atoms with Crippen LogP contribution in [0.2, 0.25) is 0 Å². The summed E-state index contributed by atoms with van der Waals surface area (Å²) in [5.74, 6) is 0.884. The SMILES string of the molecule is COc1ccc(NC2(CN)CCCCC2(C)C)cc1. The zero-order valence-electron chi connectivity index (χ0n) is 12.3. The molecule has 1 aromatic carbocycles. The smallest absolute Gasteiger partial charge is 0.119 e. The number of nitrogens with two attached hydrogens (primary N) is 1. The Kier molecular flexibility index (Phi) is 4.04. The van der Waals surface area contributed by atoms with Crippen LogP contribution >= 0.6 is 0 Å². The van der Waals surface area contributed by atoms with Crippen molar-refractivity contribution < 1.29 is 4.74 Å². The summed E-state index contributed by atoms with van der Waals surface area (Å²) < 4.78 is 5.20. The molecule has 0 amide bonds. The first-order valence-electron chi connectivity index (χ1n) is 7.15. The highest BCUT2D eigenvalue weighted by molar-refractivity contribution is 5.49. The summed E-state index contributed by atoms with van der Waals surface area (Å²) in [6, 6.07) is 8.12. The van der Waals surface area contributed by atoms with Crippen molar-refractivity contribution in [1.82, 2.24) is 0 Å². The summed E-state index contributed by atoms with van der Waals surface area (Å²) in [4.78, 5) is 0. The molecule has 1 aromatic rings. The number of nitrogens with one attached hydrogen (secondary N) is 1. The van der Waals surface area contributed by atoms with Crippen LogP contribution in [0.3, 0.4) is 0 Å². The van der Waals surface area contributed by atoms with Gasteiger partial charge in [-0.15, -0.1) is 0 Å². The van der Waals surface area contributed by atoms with Gasteiger partial charge in [-0.1, -0.05) is 26.7 Å². The molecule has 106 valence electrons. The van der Waals surface area contributed by atoms with Gasteiger partial charge < -0.3 is 15.8 Å². The summed E-state index contributed by atoms with van der Waals surface area (Å²) in [6.07, 6.45) is 4.93. The van der Waals surface area contributed by atoms with Gasteiger partial charge in [-0.2, -0.15) is 0 Å². The fraction of sp³-hybridized carbons (Fsp3) is 0.625. The lowest BCUT2D eigenvalue weighted by atomic mass is 9.63. The van der Waals surface area contributed by atoms with E-state index >= 15 is 0 Å². The average molecular weight is 262 g/mol. The van der Waals surface area contributed by atoms with Crippen LogP contribution in [-0.4, -0.2) is 19.2 Å². The number of rotatable bonds is 4. The third-order valence-corrected chi connectivity index (χ3v) is 4.77. The molecule has 3 heteroatoms. The van der Waals surface area contributed by atoms with E-state index in [1.807, 2.05) is 12.1 Å². The molecule has 3 nitrogen and oxygen atoms in total. The van der Waals surface area contributed by atoms with Crippen molar-refractivity contribution in [1.29, 1.82) is 0 Å². The molecule has 0 spiro atoms. The molecule has 1 aliphatic rings. The minimum absolute atomic E-state index is 0.000160. The standard InChI is InChI=1S/C16H26N2O/c1-15(2)10-4-5-11-16(15,12-17)18-13-6-8-14(19-3)9-7-13/h6-9,18H,4-5,10-12,17H2,1-3H3. The Labute approximate surface area is 116 Å². The molecule has 1 fully saturated rings. The molecule has 1 unspecified atom stereocenters. The van der Waals surface area contributed by atoms with Crippen molar-refractivity contribution in [2.45, 2.75) is 45.1 Å². The predicted octanol–water partition coefficient (Wildman–Crippen LogP) is 3.40. The topological polar surface area (TPSA) is 47.3 Å². The maximum Gasteiger partial charge on any atom is 0.119 e. The van der Waals surface area contributed by atoms with Crippen LogP contribution in [0.25, 0.3) is 0 Å². The first-order valence-corrected chi connectivity index (χ1v) is 7.15. The van der Waals surface area contributed by atoms with E-state index in [2.05, 4.69) is 31.3 Å². The molecule has 1 aliphatic carbocycles. The number of methoxy groups -OCH3 is 1. The van der Waals surface area contributed by atoms with E-state index in [1.165, 1.54) is 19.3 Å². The van der Waals surface area contributed by atoms with Crippen LogP contribution in [0.1, 0.15) is 39.5 Å². The Morgan fingerprint density at radius 1 is 1.16 bits per heavy atom. The number of anilines is 1. The third-order valence-electron chi connectivity index (χ3n) is 4.77. The van der Waals surface area contributed by atoms with Crippen molar-refractivity contribution in [2.24, 2.45) is 11.1 Å². The van der Waals surface area contributed by atoms with E-state index in [4.69, 9.17) is 10.5 Å². The highest BCUT2D eigenvalue weighted by Crippen LogP contribution is 2.45. The van der Waals surface area contributed by atoms with Crippen LogP contribution in [0.5, 0.6) is 5.75 Å². The summed E-state index contributed by atoms with van der Waals surface area (Å²) >= 11 is 0. The van der Waals surface area contributed by atoms with Gasteiger partial charge in [0.1, 0.15) is 5.75 Å². The zero-order chi connectivity index (χ0) is 13.9. The fourth-order valence-corrected chi connectivity index (χ4v) is 3.18. The Hall–Kier alpha value is -1.22. The highest BCUT2D eigenvalue weighted by Gasteiger charge is 2.45. The van der Waals surface area contributed by atoms with Crippen LogP contribution in [0.4, 0.5) is 5.69 Å². The molecule has 0 saturated heterocycles. The van der Waals surface area contributed by atoms with Gasteiger partial charge in [0.05, 0.1) is 12.6 Å². The number of hydrogen-bond acceptors (Lipinski definition) is 3. The van der Waals surface area contributed by atoms with E-state index in [1.54, 1.807) is 7.11 Å². The molecule has 19 heavy (non-hydrogen) atoms. The van der Waals surface area contributed by atoms with E-state index in [0.29, 0.717) is 6.54 Å². The lowest BCUT2D eigenvalue weighted by molar-refractivity contribution is 0.125. The lowest BCUT2D eigenvalue weighted by Crippen LogP contribution is -2.58. The van der Waals surface area contributed by atoms with Crippen LogP contribution < -0.4 is 15.8 Å². The first-order chi connectivity index (χ1) is 9.03. The van der Waals surface area contributed by atoms with Crippen molar-refractivity contribution in [2.75, 3.05) is 19.0 Å². The summed E-state index contributed by atoms with van der Waals surface area (Å²) in [5, 5.41) is 3.71. The number of ether oxygens (including phenoxy) is 1. The second-order valence-corrected chi connectivity index (χ2v) is 6.23. The minimum atomic E-state index is -0.000160. The summed E-state index contributed by atoms with van der Waals surface area (Å²) in [5.41, 5.74) is 7.48. The summed E-state index contributed by atoms with van der Waals surface area (Å²) in [7, 11) is 1.69. The fourth-order valence-electron chi connectivity index (χ4n) is 3.18. The number of hydrogen-bond donors (Lipinski definition) is 2. The molecular formula is C16H26N2O. The maximum absolute atomic E-state index is 6.13. The van der Waals surface area contributed by atoms with Gasteiger partial charge in [-0.25, -0.2) is 0 Å². The van der Waals surface area contributed by atoms with Gasteiger partial charge in [0.25, 0.3) is 0 Å². The number of benzene rings is 1. The maximum atomic E-state index is 6.13. The molecule has 0 heterocycles. The Balaban J connectivity index is 2.21. The van der Waals surface area contributed by atoms with Crippen molar-refractivity contribution in [3.8, 4) is 5.75 Å². The third kappa shape index (κ3) is 2.71. The lowest BCUT2D eigenvalue weighted by Gasteiger charge is -2.51. The predicted molar refractivity (Wildman–Crippen MR) is 80.7 cm³/mol. The molecule has 0 bridgehead atoms. The van der Waals surface area contributed by atoms with Gasteiger partial charge >= 0.3 is 0 Å². The summed E-state index contributed by atoms with van der Waals surface area (Å²) in [6.45, 7) is 5.33. The van der Waals surface area contributed by atoms with E-state index < -0.39 is 0 Å². The largest absolute Gasteiger partial charge is 0.497 e. The Bertz CT molecular complexity index is 413. The van der Waals surface area contributed by atoms with Gasteiger partial charge in [0.15, 0.2) is 0 Å². The van der Waals surface area contributed by atoms with Crippen LogP contribution in [0, 0.1) is 5.41 Å². The van der Waals surface area contributed by atoms with Crippen molar-refractivity contribution in [3.05, 3.63) is 24.3 Å². The second kappa shape index (κ2) is 5.41. The van der Waals surface area contributed by atoms with Gasteiger partial charge in [-0.3, -0.25) is 0 Å². The normalized spacial score (nSPS) is 25.9. The molecule has 0 aromatic heterocycles. The molecule has 2 rings (SSSR count). The van der Waals surface area contributed by atoms with E-state index in [9.17, 15) is 0 Å². The first kappa shape index (κ1) is 14.2. The van der Waals surface area contributed by atoms with E-state index in [0.717, 1.165) is 17.9 Å². The van der Waals surface area contributed by atoms with Gasteiger partial charge in [0, 0.05) is 12.2 Å². The van der Waals surface area contributed by atoms with Crippen LogP contribution in [0.15, 0.2) is 24.3 Å². The molecule has 3 N–H and O–H groups in total. The quantitative estimate of drug-likeness (QED) is 0.874. The Morgan fingerprint density at radius 2 is 1.79 bits per heavy atom. The highest BCUT2D eigenvalue weighted by atomic mass is 16.5. The molecular weight excluding hydrogens is 236 g/mol. The Morgan fingerprint density at radius 3 is 2.32 bits per heavy atom. The average Bonchev–Trinajstić information content (AvgIpc) is 2.42. The van der Waals surface area contributed by atoms with Crippen LogP contribution in [-0.2, 0) is 0 Å². The zero-order valence-corrected chi connectivity index (χ0v) is 12.3. The molecule has 0 aliphatic heterocycles. The minimum Gasteiger partial charge on any atom is -0.497 e. The monoisotopic (exact) mass is 262 g/mol. The van der Waals surface area contributed by atoms with Crippen molar-refractivity contribution in [3.63, 3.8) is 0 Å².